The molecule has 0 saturated carbocycles. The topological polar surface area (TPSA) is 77.4 Å². The number of esters is 1. The van der Waals surface area contributed by atoms with Gasteiger partial charge in [-0.2, -0.15) is 13.2 Å². The molecule has 0 fully saturated rings. The van der Waals surface area contributed by atoms with Gasteiger partial charge >= 0.3 is 12.1 Å². The first-order chi connectivity index (χ1) is 14.0. The van der Waals surface area contributed by atoms with Crippen LogP contribution in [0.25, 0.3) is 10.9 Å². The molecule has 2 aromatic carbocycles. The van der Waals surface area contributed by atoms with Crippen LogP contribution in [0.2, 0.25) is 0 Å². The molecule has 0 aliphatic carbocycles. The van der Waals surface area contributed by atoms with Gasteiger partial charge in [-0.1, -0.05) is 18.2 Å². The Kier molecular flexibility index (Phi) is 5.61. The summed E-state index contributed by atoms with van der Waals surface area (Å²) in [5, 5.41) is 2.85. The second-order valence-electron chi connectivity index (χ2n) is 6.36. The van der Waals surface area contributed by atoms with E-state index in [4.69, 9.17) is 0 Å². The molecule has 6 nitrogen and oxygen atoms in total. The highest BCUT2D eigenvalue weighted by Gasteiger charge is 2.42. The van der Waals surface area contributed by atoms with E-state index >= 15 is 0 Å². The fraction of sp³-hybridized carbons (Fsp3) is 0.211. The van der Waals surface area contributed by atoms with Gasteiger partial charge in [-0.25, -0.2) is 21.6 Å². The SMILES string of the molecule is CNC(C)c1c(OC(=O)C(F)(F)F)c(F)cc2c1ccn2S(=O)(=O)c1ccccc1. The minimum Gasteiger partial charge on any atom is -0.416 e. The van der Waals surface area contributed by atoms with Crippen molar-refractivity contribution >= 4 is 26.9 Å². The molecule has 11 heteroatoms. The molecule has 30 heavy (non-hydrogen) atoms. The number of fused-ring (bicyclic) bond motifs is 1. The van der Waals surface area contributed by atoms with Gasteiger partial charge in [0, 0.05) is 29.3 Å². The Morgan fingerprint density at radius 3 is 2.37 bits per heavy atom. The number of nitrogens with zero attached hydrogens (tertiary/aromatic N) is 1. The molecule has 0 aliphatic rings. The highest BCUT2D eigenvalue weighted by Crippen LogP contribution is 2.38. The number of carbonyl (C=O) groups is 1. The molecule has 3 rings (SSSR count). The molecule has 0 aliphatic heterocycles. The van der Waals surface area contributed by atoms with Crippen LogP contribution in [0.1, 0.15) is 18.5 Å². The quantitative estimate of drug-likeness (QED) is 0.368. The monoisotopic (exact) mass is 444 g/mol. The standard InChI is InChI=1S/C19H16F4N2O4S/c1-11(24-2)16-13-8-9-25(30(27,28)12-6-4-3-5-7-12)15(13)10-14(20)17(16)29-18(26)19(21,22)23/h3-11,24H,1-2H3. The smallest absolute Gasteiger partial charge is 0.416 e. The van der Waals surface area contributed by atoms with Crippen LogP contribution < -0.4 is 10.1 Å². The maximum Gasteiger partial charge on any atom is 0.491 e. The number of alkyl halides is 3. The third kappa shape index (κ3) is 3.77. The predicted octanol–water partition coefficient (Wildman–Crippen LogP) is 3.77. The van der Waals surface area contributed by atoms with Crippen LogP contribution in [-0.4, -0.2) is 31.6 Å². The third-order valence-corrected chi connectivity index (χ3v) is 6.20. The van der Waals surface area contributed by atoms with Crippen LogP contribution in [0.15, 0.2) is 53.6 Å². The van der Waals surface area contributed by atoms with E-state index in [0.717, 1.165) is 16.2 Å². The maximum absolute atomic E-state index is 14.8. The van der Waals surface area contributed by atoms with Gasteiger partial charge < -0.3 is 10.1 Å². The average Bonchev–Trinajstić information content (AvgIpc) is 3.11. The van der Waals surface area contributed by atoms with Crippen molar-refractivity contribution in [2.45, 2.75) is 24.0 Å². The Bertz CT molecular complexity index is 1200. The molecule has 0 radical (unpaired) electrons. The van der Waals surface area contributed by atoms with Crippen LogP contribution in [-0.2, 0) is 14.8 Å². The number of aromatic nitrogens is 1. The number of halogens is 4. The molecule has 0 amide bonds. The molecule has 0 bridgehead atoms. The third-order valence-electron chi connectivity index (χ3n) is 4.50. The summed E-state index contributed by atoms with van der Waals surface area (Å²) in [6.07, 6.45) is -4.17. The van der Waals surface area contributed by atoms with Gasteiger partial charge in [-0.15, -0.1) is 0 Å². The van der Waals surface area contributed by atoms with Crippen molar-refractivity contribution in [3.63, 3.8) is 0 Å². The highest BCUT2D eigenvalue weighted by atomic mass is 32.2. The fourth-order valence-electron chi connectivity index (χ4n) is 2.98. The van der Waals surface area contributed by atoms with Crippen molar-refractivity contribution in [1.82, 2.24) is 9.29 Å². The van der Waals surface area contributed by atoms with Gasteiger partial charge in [0.2, 0.25) is 0 Å². The molecule has 1 heterocycles. The van der Waals surface area contributed by atoms with Crippen molar-refractivity contribution < 1.29 is 35.5 Å². The summed E-state index contributed by atoms with van der Waals surface area (Å²) in [5.41, 5.74) is -0.229. The normalized spacial score (nSPS) is 13.4. The Morgan fingerprint density at radius 1 is 1.17 bits per heavy atom. The zero-order chi connectivity index (χ0) is 22.3. The Hall–Kier alpha value is -2.92. The Morgan fingerprint density at radius 2 is 1.80 bits per heavy atom. The summed E-state index contributed by atoms with van der Waals surface area (Å²) in [5.74, 6) is -4.80. The zero-order valence-electron chi connectivity index (χ0n) is 15.7. The maximum atomic E-state index is 14.8. The van der Waals surface area contributed by atoms with E-state index in [2.05, 4.69) is 10.1 Å². The van der Waals surface area contributed by atoms with Crippen LogP contribution in [0, 0.1) is 5.82 Å². The van der Waals surface area contributed by atoms with E-state index in [0.29, 0.717) is 0 Å². The highest BCUT2D eigenvalue weighted by molar-refractivity contribution is 7.90. The number of carbonyl (C=O) groups excluding carboxylic acids is 1. The lowest BCUT2D eigenvalue weighted by atomic mass is 10.0. The second-order valence-corrected chi connectivity index (χ2v) is 8.18. The number of nitrogens with one attached hydrogen (secondary N) is 1. The molecular weight excluding hydrogens is 428 g/mol. The Balaban J connectivity index is 2.26. The first-order valence-electron chi connectivity index (χ1n) is 8.58. The number of benzene rings is 2. The van der Waals surface area contributed by atoms with Gasteiger partial charge in [0.1, 0.15) is 0 Å². The van der Waals surface area contributed by atoms with Crippen molar-refractivity contribution in [1.29, 1.82) is 0 Å². The van der Waals surface area contributed by atoms with Crippen molar-refractivity contribution in [2.75, 3.05) is 7.05 Å². The van der Waals surface area contributed by atoms with E-state index in [1.165, 1.54) is 44.3 Å². The molecular formula is C19H16F4N2O4S. The number of hydrogen-bond acceptors (Lipinski definition) is 5. The van der Waals surface area contributed by atoms with Crippen molar-refractivity contribution in [3.05, 3.63) is 60.0 Å². The van der Waals surface area contributed by atoms with E-state index < -0.39 is 39.8 Å². The number of rotatable bonds is 5. The lowest BCUT2D eigenvalue weighted by Gasteiger charge is -2.19. The van der Waals surface area contributed by atoms with Gasteiger partial charge in [0.25, 0.3) is 10.0 Å². The zero-order valence-corrected chi connectivity index (χ0v) is 16.5. The van der Waals surface area contributed by atoms with E-state index in [-0.39, 0.29) is 21.4 Å². The molecule has 0 saturated heterocycles. The van der Waals surface area contributed by atoms with Crippen LogP contribution in [0.4, 0.5) is 17.6 Å². The minimum atomic E-state index is -5.33. The number of ether oxygens (including phenoxy) is 1. The molecule has 1 N–H and O–H groups in total. The number of hydrogen-bond donors (Lipinski definition) is 1. The lowest BCUT2D eigenvalue weighted by molar-refractivity contribution is -0.189. The summed E-state index contributed by atoms with van der Waals surface area (Å²) in [6.45, 7) is 1.50. The summed E-state index contributed by atoms with van der Waals surface area (Å²) in [6, 6.07) is 8.63. The Labute approximate surface area is 169 Å². The van der Waals surface area contributed by atoms with Crippen molar-refractivity contribution in [2.24, 2.45) is 0 Å². The second kappa shape index (κ2) is 7.73. The van der Waals surface area contributed by atoms with Crippen LogP contribution in [0.5, 0.6) is 5.75 Å². The summed E-state index contributed by atoms with van der Waals surface area (Å²) in [7, 11) is -2.64. The van der Waals surface area contributed by atoms with Crippen LogP contribution in [0.3, 0.4) is 0 Å². The molecule has 1 unspecified atom stereocenters. The summed E-state index contributed by atoms with van der Waals surface area (Å²) in [4.78, 5) is 11.2. The minimum absolute atomic E-state index is 0.0568. The molecule has 1 atom stereocenters. The first-order valence-corrected chi connectivity index (χ1v) is 10.0. The van der Waals surface area contributed by atoms with Crippen molar-refractivity contribution in [3.8, 4) is 5.75 Å². The van der Waals surface area contributed by atoms with Crippen LogP contribution >= 0.6 is 0 Å². The van der Waals surface area contributed by atoms with Gasteiger partial charge in [0.05, 0.1) is 10.4 Å². The fourth-order valence-corrected chi connectivity index (χ4v) is 4.34. The predicted molar refractivity (Wildman–Crippen MR) is 100 cm³/mol. The first kappa shape index (κ1) is 21.8. The largest absolute Gasteiger partial charge is 0.491 e. The molecule has 3 aromatic rings. The van der Waals surface area contributed by atoms with Gasteiger partial charge in [-0.3, -0.25) is 0 Å². The molecule has 1 aromatic heterocycles. The van der Waals surface area contributed by atoms with E-state index in [1.54, 1.807) is 6.07 Å². The summed E-state index contributed by atoms with van der Waals surface area (Å²) < 4.78 is 83.8. The van der Waals surface area contributed by atoms with E-state index in [9.17, 15) is 30.8 Å². The lowest BCUT2D eigenvalue weighted by Crippen LogP contribution is -2.29. The van der Waals surface area contributed by atoms with E-state index in [1.807, 2.05) is 0 Å². The summed E-state index contributed by atoms with van der Waals surface area (Å²) >= 11 is 0. The average molecular weight is 444 g/mol. The van der Waals surface area contributed by atoms with Gasteiger partial charge in [0.15, 0.2) is 11.6 Å². The molecule has 160 valence electrons. The molecule has 0 spiro atoms. The van der Waals surface area contributed by atoms with Gasteiger partial charge in [-0.05, 0) is 32.2 Å².